The molecular weight excluding hydrogens is 226 g/mol. The highest BCUT2D eigenvalue weighted by Crippen LogP contribution is 2.12. The first-order chi connectivity index (χ1) is 8.65. The van der Waals surface area contributed by atoms with Gasteiger partial charge in [0.05, 0.1) is 12.3 Å². The maximum Gasteiger partial charge on any atom is 0.0636 e. The van der Waals surface area contributed by atoms with Crippen LogP contribution >= 0.6 is 0 Å². The fourth-order valence-electron chi connectivity index (χ4n) is 2.29. The summed E-state index contributed by atoms with van der Waals surface area (Å²) in [5.74, 6) is 0. The summed E-state index contributed by atoms with van der Waals surface area (Å²) in [5.41, 5.74) is 0. The predicted octanol–water partition coefficient (Wildman–Crippen LogP) is 1.40. The minimum absolute atomic E-state index is 0.213. The van der Waals surface area contributed by atoms with Crippen LogP contribution in [0.3, 0.4) is 0 Å². The SMILES string of the molecule is CCNC(CC)N1CCCCC1.CNCC(C)O. The Bertz CT molecular complexity index is 168. The molecule has 1 fully saturated rings. The molecule has 0 aromatic heterocycles. The Labute approximate surface area is 113 Å². The van der Waals surface area contributed by atoms with Gasteiger partial charge in [-0.1, -0.05) is 20.3 Å². The first kappa shape index (κ1) is 17.8. The standard InChI is InChI=1S/C10H22N2.C4H11NO/c1-3-10(11-4-2)12-8-6-5-7-9-12;1-4(6)3-5-2/h10-11H,3-9H2,1-2H3;4-6H,3H2,1-2H3. The van der Waals surface area contributed by atoms with Crippen molar-refractivity contribution < 1.29 is 5.11 Å². The van der Waals surface area contributed by atoms with Crippen LogP contribution in [0.4, 0.5) is 0 Å². The van der Waals surface area contributed by atoms with E-state index in [1.165, 1.54) is 38.8 Å². The molecule has 0 amide bonds. The topological polar surface area (TPSA) is 47.5 Å². The van der Waals surface area contributed by atoms with Gasteiger partial charge in [-0.05, 0) is 52.9 Å². The van der Waals surface area contributed by atoms with E-state index >= 15 is 0 Å². The Morgan fingerprint density at radius 1 is 1.17 bits per heavy atom. The van der Waals surface area contributed by atoms with E-state index in [-0.39, 0.29) is 6.10 Å². The van der Waals surface area contributed by atoms with E-state index in [0.717, 1.165) is 6.54 Å². The minimum atomic E-state index is -0.213. The number of hydrogen-bond donors (Lipinski definition) is 3. The van der Waals surface area contributed by atoms with E-state index in [4.69, 9.17) is 5.11 Å². The van der Waals surface area contributed by atoms with Gasteiger partial charge in [-0.3, -0.25) is 4.90 Å². The van der Waals surface area contributed by atoms with Crippen molar-refractivity contribution in [3.8, 4) is 0 Å². The summed E-state index contributed by atoms with van der Waals surface area (Å²) >= 11 is 0. The highest BCUT2D eigenvalue weighted by Gasteiger charge is 2.17. The van der Waals surface area contributed by atoms with Crippen molar-refractivity contribution in [3.63, 3.8) is 0 Å². The lowest BCUT2D eigenvalue weighted by Gasteiger charge is -2.34. The first-order valence-corrected chi connectivity index (χ1v) is 7.45. The normalized spacial score (nSPS) is 19.8. The average molecular weight is 259 g/mol. The van der Waals surface area contributed by atoms with Gasteiger partial charge in [0.25, 0.3) is 0 Å². The highest BCUT2D eigenvalue weighted by atomic mass is 16.3. The Morgan fingerprint density at radius 2 is 1.78 bits per heavy atom. The van der Waals surface area contributed by atoms with Crippen molar-refractivity contribution in [1.29, 1.82) is 0 Å². The van der Waals surface area contributed by atoms with Crippen LogP contribution in [0.5, 0.6) is 0 Å². The van der Waals surface area contributed by atoms with Gasteiger partial charge >= 0.3 is 0 Å². The van der Waals surface area contributed by atoms with Gasteiger partial charge in [-0.2, -0.15) is 0 Å². The number of aliphatic hydroxyl groups excluding tert-OH is 1. The third kappa shape index (κ3) is 8.86. The number of nitrogens with zero attached hydrogens (tertiary/aromatic N) is 1. The van der Waals surface area contributed by atoms with Crippen molar-refractivity contribution in [2.24, 2.45) is 0 Å². The van der Waals surface area contributed by atoms with Crippen LogP contribution in [0.25, 0.3) is 0 Å². The summed E-state index contributed by atoms with van der Waals surface area (Å²) in [6.07, 6.45) is 5.86. The monoisotopic (exact) mass is 259 g/mol. The molecule has 0 bridgehead atoms. The van der Waals surface area contributed by atoms with Crippen LogP contribution in [0.1, 0.15) is 46.5 Å². The molecule has 1 aliphatic rings. The Balaban J connectivity index is 0.000000411. The summed E-state index contributed by atoms with van der Waals surface area (Å²) in [6, 6.07) is 0. The lowest BCUT2D eigenvalue weighted by Crippen LogP contribution is -2.47. The lowest BCUT2D eigenvalue weighted by molar-refractivity contribution is 0.134. The maximum atomic E-state index is 8.49. The molecule has 1 saturated heterocycles. The fraction of sp³-hybridized carbons (Fsp3) is 1.00. The molecule has 110 valence electrons. The van der Waals surface area contributed by atoms with Gasteiger partial charge in [0.15, 0.2) is 0 Å². The maximum absolute atomic E-state index is 8.49. The number of aliphatic hydroxyl groups is 1. The van der Waals surface area contributed by atoms with Crippen LogP contribution in [-0.2, 0) is 0 Å². The van der Waals surface area contributed by atoms with Gasteiger partial charge in [0, 0.05) is 6.54 Å². The van der Waals surface area contributed by atoms with Crippen LogP contribution in [0.2, 0.25) is 0 Å². The highest BCUT2D eigenvalue weighted by molar-refractivity contribution is 4.71. The zero-order valence-electron chi connectivity index (χ0n) is 12.7. The van der Waals surface area contributed by atoms with Crippen molar-refractivity contribution >= 4 is 0 Å². The second-order valence-electron chi connectivity index (χ2n) is 4.99. The van der Waals surface area contributed by atoms with Crippen LogP contribution in [0.15, 0.2) is 0 Å². The van der Waals surface area contributed by atoms with Gasteiger partial charge < -0.3 is 15.7 Å². The summed E-state index contributed by atoms with van der Waals surface area (Å²) in [4.78, 5) is 2.59. The quantitative estimate of drug-likeness (QED) is 0.675. The molecule has 2 unspecified atom stereocenters. The lowest BCUT2D eigenvalue weighted by atomic mass is 10.1. The van der Waals surface area contributed by atoms with Gasteiger partial charge in [-0.25, -0.2) is 0 Å². The molecule has 0 radical (unpaired) electrons. The van der Waals surface area contributed by atoms with Crippen molar-refractivity contribution in [3.05, 3.63) is 0 Å². The second-order valence-corrected chi connectivity index (χ2v) is 4.99. The molecule has 4 nitrogen and oxygen atoms in total. The summed E-state index contributed by atoms with van der Waals surface area (Å²) in [5, 5.41) is 14.8. The number of piperidine rings is 1. The Morgan fingerprint density at radius 3 is 2.11 bits per heavy atom. The van der Waals surface area contributed by atoms with Crippen LogP contribution in [-0.4, -0.2) is 55.5 Å². The molecule has 4 heteroatoms. The largest absolute Gasteiger partial charge is 0.392 e. The average Bonchev–Trinajstić information content (AvgIpc) is 2.37. The molecule has 3 N–H and O–H groups in total. The predicted molar refractivity (Wildman–Crippen MR) is 78.8 cm³/mol. The van der Waals surface area contributed by atoms with E-state index in [2.05, 4.69) is 29.4 Å². The van der Waals surface area contributed by atoms with E-state index in [9.17, 15) is 0 Å². The van der Waals surface area contributed by atoms with E-state index in [1.807, 2.05) is 7.05 Å². The second kappa shape index (κ2) is 11.9. The molecule has 1 heterocycles. The Kier molecular flexibility index (Phi) is 11.8. The van der Waals surface area contributed by atoms with Crippen LogP contribution in [0, 0.1) is 0 Å². The summed E-state index contributed by atoms with van der Waals surface area (Å²) < 4.78 is 0. The number of nitrogens with one attached hydrogen (secondary N) is 2. The molecule has 0 aliphatic carbocycles. The van der Waals surface area contributed by atoms with E-state index in [0.29, 0.717) is 12.7 Å². The number of likely N-dealkylation sites (N-methyl/N-ethyl adjacent to an activating group) is 1. The van der Waals surface area contributed by atoms with Gasteiger partial charge in [0.2, 0.25) is 0 Å². The zero-order valence-corrected chi connectivity index (χ0v) is 12.7. The number of rotatable bonds is 6. The third-order valence-electron chi connectivity index (χ3n) is 3.16. The van der Waals surface area contributed by atoms with Crippen molar-refractivity contribution in [2.75, 3.05) is 33.2 Å². The summed E-state index contributed by atoms with van der Waals surface area (Å²) in [7, 11) is 1.81. The van der Waals surface area contributed by atoms with Crippen LogP contribution < -0.4 is 10.6 Å². The molecule has 18 heavy (non-hydrogen) atoms. The Hall–Kier alpha value is -0.160. The molecule has 0 spiro atoms. The smallest absolute Gasteiger partial charge is 0.0636 e. The van der Waals surface area contributed by atoms with Crippen molar-refractivity contribution in [2.45, 2.75) is 58.7 Å². The number of hydrogen-bond acceptors (Lipinski definition) is 4. The molecule has 1 rings (SSSR count). The fourth-order valence-corrected chi connectivity index (χ4v) is 2.29. The van der Waals surface area contributed by atoms with Gasteiger partial charge in [0.1, 0.15) is 0 Å². The number of likely N-dealkylation sites (tertiary alicyclic amines) is 1. The van der Waals surface area contributed by atoms with E-state index < -0.39 is 0 Å². The molecule has 2 atom stereocenters. The zero-order chi connectivity index (χ0) is 13.8. The third-order valence-corrected chi connectivity index (χ3v) is 3.16. The molecule has 0 saturated carbocycles. The van der Waals surface area contributed by atoms with E-state index in [1.54, 1.807) is 6.92 Å². The van der Waals surface area contributed by atoms with Gasteiger partial charge in [-0.15, -0.1) is 0 Å². The molecular formula is C14H33N3O. The molecule has 0 aromatic rings. The molecule has 1 aliphatic heterocycles. The minimum Gasteiger partial charge on any atom is -0.392 e. The first-order valence-electron chi connectivity index (χ1n) is 7.45. The van der Waals surface area contributed by atoms with Crippen molar-refractivity contribution in [1.82, 2.24) is 15.5 Å². The molecule has 0 aromatic carbocycles. The summed E-state index contributed by atoms with van der Waals surface area (Å²) in [6.45, 7) is 10.6.